The van der Waals surface area contributed by atoms with Gasteiger partial charge in [0.15, 0.2) is 0 Å². The molecule has 0 heterocycles. The van der Waals surface area contributed by atoms with Crippen LogP contribution in [-0.2, 0) is 0 Å². The zero-order valence-electron chi connectivity index (χ0n) is 19.3. The molecule has 2 aromatic carbocycles. The van der Waals surface area contributed by atoms with Gasteiger partial charge >= 0.3 is 7.32 Å². The lowest BCUT2D eigenvalue weighted by Crippen LogP contribution is -2.56. The first kappa shape index (κ1) is 25.4. The monoisotopic (exact) mass is 444 g/mol. The minimum atomic E-state index is -2.11. The van der Waals surface area contributed by atoms with Crippen molar-refractivity contribution in [2.75, 3.05) is 0 Å². The summed E-state index contributed by atoms with van der Waals surface area (Å²) in [5.41, 5.74) is 4.16. The van der Waals surface area contributed by atoms with Crippen molar-refractivity contribution in [2.24, 2.45) is 5.41 Å². The molecule has 1 atom stereocenters. The van der Waals surface area contributed by atoms with Crippen LogP contribution in [0.3, 0.4) is 0 Å². The van der Waals surface area contributed by atoms with Crippen molar-refractivity contribution in [2.45, 2.75) is 54.0 Å². The second-order valence-electron chi connectivity index (χ2n) is 8.87. The number of carbonyl (C=O) groups excluding carboxylic acids is 2. The van der Waals surface area contributed by atoms with E-state index in [1.165, 1.54) is 11.1 Å². The lowest BCUT2D eigenvalue weighted by molar-refractivity contribution is 0.0283. The zero-order valence-corrected chi connectivity index (χ0v) is 19.3. The quantitative estimate of drug-likeness (QED) is 0.469. The fourth-order valence-corrected chi connectivity index (χ4v) is 3.73. The maximum Gasteiger partial charge on any atom is 0.707 e. The molecule has 2 amide bonds. The van der Waals surface area contributed by atoms with Gasteiger partial charge in [-0.1, -0.05) is 44.9 Å². The molecular formula is C23H30BFN2O5. The summed E-state index contributed by atoms with van der Waals surface area (Å²) in [7, 11) is -2.11. The molecule has 0 fully saturated rings. The number of nitrogens with zero attached hydrogens (tertiary/aromatic N) is 1. The average molecular weight is 444 g/mol. The molecule has 0 aliphatic heterocycles. The molecule has 172 valence electrons. The molecule has 0 saturated carbocycles. The Labute approximate surface area is 188 Å². The van der Waals surface area contributed by atoms with Gasteiger partial charge in [-0.25, -0.2) is 9.40 Å². The van der Waals surface area contributed by atoms with Gasteiger partial charge in [0.2, 0.25) is 0 Å². The highest BCUT2D eigenvalue weighted by Crippen LogP contribution is 2.28. The summed E-state index contributed by atoms with van der Waals surface area (Å²) >= 11 is 0. The number of hydrogen-bond donors (Lipinski definition) is 3. The van der Waals surface area contributed by atoms with E-state index < -0.39 is 25.0 Å². The van der Waals surface area contributed by atoms with Crippen molar-refractivity contribution in [3.63, 3.8) is 0 Å². The molecule has 0 unspecified atom stereocenters. The Bertz CT molecular complexity index is 971. The zero-order chi connectivity index (χ0) is 24.2. The van der Waals surface area contributed by atoms with Crippen LogP contribution in [-0.4, -0.2) is 40.2 Å². The summed E-state index contributed by atoms with van der Waals surface area (Å²) in [4.78, 5) is 26.4. The second-order valence-corrected chi connectivity index (χ2v) is 8.87. The van der Waals surface area contributed by atoms with E-state index in [-0.39, 0.29) is 22.8 Å². The van der Waals surface area contributed by atoms with Gasteiger partial charge in [0.05, 0.1) is 11.6 Å². The summed E-state index contributed by atoms with van der Waals surface area (Å²) in [6, 6.07) is 8.33. The topological polar surface area (TPSA) is 99.1 Å². The maximum atomic E-state index is 14.5. The lowest BCUT2D eigenvalue weighted by Gasteiger charge is -2.39. The molecule has 7 nitrogen and oxygen atoms in total. The van der Waals surface area contributed by atoms with Gasteiger partial charge in [0.25, 0.3) is 11.8 Å². The first-order valence-corrected chi connectivity index (χ1v) is 10.4. The Balaban J connectivity index is 2.42. The van der Waals surface area contributed by atoms with Crippen LogP contribution in [0.15, 0.2) is 36.4 Å². The number of halogens is 1. The molecule has 2 aromatic rings. The largest absolute Gasteiger partial charge is 0.707 e. The van der Waals surface area contributed by atoms with Gasteiger partial charge in [0, 0.05) is 11.6 Å². The van der Waals surface area contributed by atoms with Gasteiger partial charge in [-0.3, -0.25) is 15.0 Å². The fraction of sp³-hybridized carbons (Fsp3) is 0.391. The average Bonchev–Trinajstić information content (AvgIpc) is 2.64. The van der Waals surface area contributed by atoms with Crippen LogP contribution in [0.1, 0.15) is 66.0 Å². The lowest BCUT2D eigenvalue weighted by atomic mass is 9.84. The molecule has 0 radical (unpaired) electrons. The Morgan fingerprint density at radius 2 is 1.72 bits per heavy atom. The number of nitrogens with one attached hydrogen (secondary N) is 1. The predicted molar refractivity (Wildman–Crippen MR) is 120 cm³/mol. The van der Waals surface area contributed by atoms with Crippen LogP contribution in [0.4, 0.5) is 4.39 Å². The van der Waals surface area contributed by atoms with E-state index in [1.54, 1.807) is 12.1 Å². The smallest absolute Gasteiger partial charge is 0.512 e. The SMILES string of the molecule is CC[C@@H](N(NC(=O)c1ccc(OB(O)O)cc1F)C(=O)c1cc(C)cc(C)c1)C(C)(C)C. The Morgan fingerprint density at radius 1 is 1.12 bits per heavy atom. The van der Waals surface area contributed by atoms with Crippen LogP contribution in [0.25, 0.3) is 0 Å². The first-order chi connectivity index (χ1) is 14.8. The molecule has 0 spiro atoms. The standard InChI is InChI=1S/C23H30BFN2O5/c1-7-20(23(4,5)6)27(22(29)16-11-14(2)10-15(3)12-16)26-21(28)18-9-8-17(13-19(18)25)32-24(30)31/h8-13,20,30-31H,7H2,1-6H3,(H,26,28)/t20-/m1/s1. The van der Waals surface area contributed by atoms with Gasteiger partial charge in [-0.15, -0.1) is 0 Å². The molecule has 0 aliphatic carbocycles. The van der Waals surface area contributed by atoms with E-state index in [2.05, 4.69) is 10.1 Å². The van der Waals surface area contributed by atoms with E-state index in [0.717, 1.165) is 23.3 Å². The predicted octanol–water partition coefficient (Wildman–Crippen LogP) is 3.40. The molecule has 0 aromatic heterocycles. The molecule has 0 saturated heterocycles. The van der Waals surface area contributed by atoms with E-state index >= 15 is 0 Å². The molecule has 32 heavy (non-hydrogen) atoms. The third kappa shape index (κ3) is 6.31. The number of aryl methyl sites for hydroxylation is 2. The number of hydrazine groups is 1. The van der Waals surface area contributed by atoms with Gasteiger partial charge < -0.3 is 14.7 Å². The summed E-state index contributed by atoms with van der Waals surface area (Å²) in [5, 5.41) is 19.0. The van der Waals surface area contributed by atoms with E-state index in [0.29, 0.717) is 12.0 Å². The van der Waals surface area contributed by atoms with Gasteiger partial charge in [-0.05, 0) is 49.9 Å². The minimum absolute atomic E-state index is 0.154. The van der Waals surface area contributed by atoms with Crippen LogP contribution in [0.5, 0.6) is 5.75 Å². The normalized spacial score (nSPS) is 12.2. The second kappa shape index (κ2) is 10.1. The van der Waals surface area contributed by atoms with Crippen molar-refractivity contribution in [1.82, 2.24) is 10.4 Å². The van der Waals surface area contributed by atoms with Crippen molar-refractivity contribution in [1.29, 1.82) is 0 Å². The van der Waals surface area contributed by atoms with Gasteiger partial charge in [0.1, 0.15) is 11.6 Å². The molecule has 3 N–H and O–H groups in total. The minimum Gasteiger partial charge on any atom is -0.512 e. The van der Waals surface area contributed by atoms with Crippen molar-refractivity contribution < 1.29 is 28.7 Å². The number of hydrogen-bond acceptors (Lipinski definition) is 5. The highest BCUT2D eigenvalue weighted by molar-refractivity contribution is 6.33. The summed E-state index contributed by atoms with van der Waals surface area (Å²) in [5.74, 6) is -2.28. The Kier molecular flexibility index (Phi) is 8.04. The Morgan fingerprint density at radius 3 is 2.19 bits per heavy atom. The third-order valence-electron chi connectivity index (χ3n) is 5.03. The number of benzene rings is 2. The summed E-state index contributed by atoms with van der Waals surface area (Å²) in [6.07, 6.45) is 0.559. The maximum absolute atomic E-state index is 14.5. The van der Waals surface area contributed by atoms with Crippen molar-refractivity contribution in [3.05, 3.63) is 64.5 Å². The molecule has 9 heteroatoms. The number of amides is 2. The molecule has 2 rings (SSSR count). The number of carbonyl (C=O) groups is 2. The number of rotatable bonds is 6. The van der Waals surface area contributed by atoms with Crippen LogP contribution in [0, 0.1) is 25.1 Å². The first-order valence-electron chi connectivity index (χ1n) is 10.4. The van der Waals surface area contributed by atoms with Crippen molar-refractivity contribution >= 4 is 19.1 Å². The van der Waals surface area contributed by atoms with Gasteiger partial charge in [-0.2, -0.15) is 0 Å². The fourth-order valence-electron chi connectivity index (χ4n) is 3.73. The highest BCUT2D eigenvalue weighted by Gasteiger charge is 2.34. The van der Waals surface area contributed by atoms with Crippen molar-refractivity contribution in [3.8, 4) is 5.75 Å². The van der Waals surface area contributed by atoms with Crippen LogP contribution in [0.2, 0.25) is 0 Å². The Hall–Kier alpha value is -2.91. The highest BCUT2D eigenvalue weighted by atomic mass is 19.1. The molecular weight excluding hydrogens is 414 g/mol. The third-order valence-corrected chi connectivity index (χ3v) is 5.03. The van der Waals surface area contributed by atoms with E-state index in [4.69, 9.17) is 10.0 Å². The summed E-state index contributed by atoms with van der Waals surface area (Å²) < 4.78 is 19.1. The molecule has 0 bridgehead atoms. The van der Waals surface area contributed by atoms with E-state index in [9.17, 15) is 14.0 Å². The van der Waals surface area contributed by atoms with Crippen LogP contribution < -0.4 is 10.1 Å². The van der Waals surface area contributed by atoms with E-state index in [1.807, 2.05) is 47.6 Å². The molecule has 0 aliphatic rings. The summed E-state index contributed by atoms with van der Waals surface area (Å²) in [6.45, 7) is 11.6. The van der Waals surface area contributed by atoms with Crippen LogP contribution >= 0.6 is 0 Å².